The Morgan fingerprint density at radius 2 is 1.74 bits per heavy atom. The van der Waals surface area contributed by atoms with Crippen molar-refractivity contribution in [3.8, 4) is 11.5 Å². The van der Waals surface area contributed by atoms with Gasteiger partial charge < -0.3 is 10.5 Å². The second kappa shape index (κ2) is 4.61. The third kappa shape index (κ3) is 2.10. The van der Waals surface area contributed by atoms with Gasteiger partial charge in [-0.25, -0.2) is 0 Å². The molecule has 0 radical (unpaired) electrons. The van der Waals surface area contributed by atoms with Gasteiger partial charge in [-0.2, -0.15) is 0 Å². The molecule has 0 saturated heterocycles. The Balaban J connectivity index is 2.12. The van der Waals surface area contributed by atoms with Crippen molar-refractivity contribution in [1.29, 1.82) is 0 Å². The number of hydrogen-bond acceptors (Lipinski definition) is 3. The highest BCUT2D eigenvalue weighted by atomic mass is 16.5. The third-order valence-corrected chi connectivity index (χ3v) is 3.09. The van der Waals surface area contributed by atoms with E-state index in [0.717, 1.165) is 16.7 Å². The zero-order chi connectivity index (χ0) is 13.2. The summed E-state index contributed by atoms with van der Waals surface area (Å²) in [4.78, 5) is 4.40. The van der Waals surface area contributed by atoms with Crippen molar-refractivity contribution in [2.24, 2.45) is 0 Å². The zero-order valence-electron chi connectivity index (χ0n) is 10.6. The van der Waals surface area contributed by atoms with E-state index in [1.54, 1.807) is 6.20 Å². The lowest BCUT2D eigenvalue weighted by Crippen LogP contribution is -1.93. The first kappa shape index (κ1) is 11.5. The van der Waals surface area contributed by atoms with E-state index >= 15 is 0 Å². The van der Waals surface area contributed by atoms with Gasteiger partial charge in [-0.15, -0.1) is 0 Å². The summed E-state index contributed by atoms with van der Waals surface area (Å²) in [6, 6.07) is 15.3. The van der Waals surface area contributed by atoms with Gasteiger partial charge in [-0.3, -0.25) is 4.98 Å². The maximum absolute atomic E-state index is 5.90. The van der Waals surface area contributed by atoms with Gasteiger partial charge in [-0.05, 0) is 36.8 Å². The van der Waals surface area contributed by atoms with Crippen LogP contribution in [0.4, 0.5) is 5.69 Å². The monoisotopic (exact) mass is 250 g/mol. The van der Waals surface area contributed by atoms with Gasteiger partial charge in [0.25, 0.3) is 0 Å². The number of aromatic nitrogens is 1. The quantitative estimate of drug-likeness (QED) is 0.701. The van der Waals surface area contributed by atoms with E-state index in [2.05, 4.69) is 11.9 Å². The van der Waals surface area contributed by atoms with E-state index in [-0.39, 0.29) is 0 Å². The van der Waals surface area contributed by atoms with Gasteiger partial charge in [0.05, 0.1) is 5.69 Å². The number of aryl methyl sites for hydroxylation is 1. The lowest BCUT2D eigenvalue weighted by Gasteiger charge is -2.10. The lowest BCUT2D eigenvalue weighted by atomic mass is 10.1. The van der Waals surface area contributed by atoms with Gasteiger partial charge in [0, 0.05) is 11.6 Å². The van der Waals surface area contributed by atoms with E-state index in [0.29, 0.717) is 11.4 Å². The fourth-order valence-corrected chi connectivity index (χ4v) is 2.06. The Morgan fingerprint density at radius 1 is 0.947 bits per heavy atom. The first-order valence-electron chi connectivity index (χ1n) is 6.12. The fraction of sp³-hybridized carbons (Fsp3) is 0.0625. The number of pyridine rings is 1. The summed E-state index contributed by atoms with van der Waals surface area (Å²) in [5.41, 5.74) is 8.54. The molecule has 3 rings (SSSR count). The van der Waals surface area contributed by atoms with Gasteiger partial charge in [-0.1, -0.05) is 24.3 Å². The number of para-hydroxylation sites is 3. The van der Waals surface area contributed by atoms with E-state index < -0.39 is 0 Å². The molecular formula is C16H14N2O. The number of nitrogens with zero attached hydrogens (tertiary/aromatic N) is 1. The molecule has 0 aliphatic carbocycles. The van der Waals surface area contributed by atoms with Crippen LogP contribution in [0.15, 0.2) is 54.7 Å². The molecule has 0 aliphatic rings. The molecular weight excluding hydrogens is 236 g/mol. The smallest absolute Gasteiger partial charge is 0.153 e. The third-order valence-electron chi connectivity index (χ3n) is 3.09. The highest BCUT2D eigenvalue weighted by molar-refractivity contribution is 5.87. The van der Waals surface area contributed by atoms with E-state index in [9.17, 15) is 0 Å². The summed E-state index contributed by atoms with van der Waals surface area (Å²) < 4.78 is 5.89. The largest absolute Gasteiger partial charge is 0.453 e. The van der Waals surface area contributed by atoms with Crippen LogP contribution in [-0.2, 0) is 0 Å². The molecule has 0 amide bonds. The SMILES string of the molecule is Cc1ccnc2c(Oc3ccccc3N)cccc12. The molecule has 0 saturated carbocycles. The number of nitrogens with two attached hydrogens (primary N) is 1. The number of ether oxygens (including phenoxy) is 1. The fourth-order valence-electron chi connectivity index (χ4n) is 2.06. The average Bonchev–Trinajstić information content (AvgIpc) is 2.42. The van der Waals surface area contributed by atoms with Crippen LogP contribution in [0.5, 0.6) is 11.5 Å². The van der Waals surface area contributed by atoms with Crippen LogP contribution in [0.2, 0.25) is 0 Å². The Labute approximate surface area is 111 Å². The summed E-state index contributed by atoms with van der Waals surface area (Å²) in [6.07, 6.45) is 1.79. The normalized spacial score (nSPS) is 10.6. The first-order valence-corrected chi connectivity index (χ1v) is 6.12. The van der Waals surface area contributed by atoms with Crippen molar-refractivity contribution < 1.29 is 4.74 Å². The average molecular weight is 250 g/mol. The summed E-state index contributed by atoms with van der Waals surface area (Å²) in [5, 5.41) is 1.09. The molecule has 3 nitrogen and oxygen atoms in total. The minimum absolute atomic E-state index is 0.618. The molecule has 0 aliphatic heterocycles. The standard InChI is InChI=1S/C16H14N2O/c1-11-9-10-18-16-12(11)5-4-8-15(16)19-14-7-3-2-6-13(14)17/h2-10H,17H2,1H3. The van der Waals surface area contributed by atoms with Crippen molar-refractivity contribution >= 4 is 16.6 Å². The highest BCUT2D eigenvalue weighted by Crippen LogP contribution is 2.32. The van der Waals surface area contributed by atoms with Crippen molar-refractivity contribution in [2.45, 2.75) is 6.92 Å². The van der Waals surface area contributed by atoms with E-state index in [1.165, 1.54) is 5.56 Å². The predicted octanol–water partition coefficient (Wildman–Crippen LogP) is 3.92. The number of nitrogen functional groups attached to an aromatic ring is 1. The molecule has 0 fully saturated rings. The van der Waals surface area contributed by atoms with Crippen molar-refractivity contribution in [2.75, 3.05) is 5.73 Å². The van der Waals surface area contributed by atoms with Crippen LogP contribution in [0.1, 0.15) is 5.56 Å². The molecule has 0 bridgehead atoms. The second-order valence-corrected chi connectivity index (χ2v) is 4.42. The maximum Gasteiger partial charge on any atom is 0.153 e. The van der Waals surface area contributed by atoms with Crippen LogP contribution in [0.25, 0.3) is 10.9 Å². The Bertz CT molecular complexity index is 738. The summed E-state index contributed by atoms with van der Waals surface area (Å²) in [7, 11) is 0. The summed E-state index contributed by atoms with van der Waals surface area (Å²) >= 11 is 0. The zero-order valence-corrected chi connectivity index (χ0v) is 10.6. The molecule has 1 heterocycles. The molecule has 94 valence electrons. The molecule has 0 unspecified atom stereocenters. The van der Waals surface area contributed by atoms with Crippen LogP contribution in [0.3, 0.4) is 0 Å². The number of fused-ring (bicyclic) bond motifs is 1. The van der Waals surface area contributed by atoms with Crippen molar-refractivity contribution in [1.82, 2.24) is 4.98 Å². The molecule has 3 heteroatoms. The summed E-state index contributed by atoms with van der Waals surface area (Å²) in [6.45, 7) is 2.06. The lowest BCUT2D eigenvalue weighted by molar-refractivity contribution is 0.489. The van der Waals surface area contributed by atoms with Crippen LogP contribution in [-0.4, -0.2) is 4.98 Å². The van der Waals surface area contributed by atoms with Crippen LogP contribution >= 0.6 is 0 Å². The minimum atomic E-state index is 0.618. The number of hydrogen-bond donors (Lipinski definition) is 1. The molecule has 2 N–H and O–H groups in total. The van der Waals surface area contributed by atoms with Gasteiger partial charge in [0.1, 0.15) is 11.3 Å². The van der Waals surface area contributed by atoms with Gasteiger partial charge in [0.15, 0.2) is 5.75 Å². The number of benzene rings is 2. The van der Waals surface area contributed by atoms with Crippen LogP contribution in [0, 0.1) is 6.92 Å². The van der Waals surface area contributed by atoms with Gasteiger partial charge >= 0.3 is 0 Å². The Kier molecular flexibility index (Phi) is 2.80. The topological polar surface area (TPSA) is 48.1 Å². The first-order chi connectivity index (χ1) is 9.25. The number of anilines is 1. The molecule has 1 aromatic heterocycles. The minimum Gasteiger partial charge on any atom is -0.453 e. The highest BCUT2D eigenvalue weighted by Gasteiger charge is 2.07. The predicted molar refractivity (Wildman–Crippen MR) is 77.4 cm³/mol. The molecule has 0 spiro atoms. The van der Waals surface area contributed by atoms with Crippen molar-refractivity contribution in [3.63, 3.8) is 0 Å². The van der Waals surface area contributed by atoms with E-state index in [1.807, 2.05) is 48.5 Å². The Hall–Kier alpha value is -2.55. The van der Waals surface area contributed by atoms with E-state index in [4.69, 9.17) is 10.5 Å². The molecule has 19 heavy (non-hydrogen) atoms. The van der Waals surface area contributed by atoms with Crippen LogP contribution < -0.4 is 10.5 Å². The Morgan fingerprint density at radius 3 is 2.58 bits per heavy atom. The molecule has 0 atom stereocenters. The molecule has 2 aromatic carbocycles. The summed E-state index contributed by atoms with van der Waals surface area (Å²) in [5.74, 6) is 1.37. The second-order valence-electron chi connectivity index (χ2n) is 4.42. The number of rotatable bonds is 2. The van der Waals surface area contributed by atoms with Crippen molar-refractivity contribution in [3.05, 3.63) is 60.3 Å². The maximum atomic E-state index is 5.90. The van der Waals surface area contributed by atoms with Gasteiger partial charge in [0.2, 0.25) is 0 Å². The molecule has 3 aromatic rings.